The maximum Gasteiger partial charge on any atom is 0.151 e. The number of hydrogen-bond donors (Lipinski definition) is 1. The van der Waals surface area contributed by atoms with Gasteiger partial charge in [0.2, 0.25) is 0 Å². The van der Waals surface area contributed by atoms with E-state index in [1.54, 1.807) is 6.20 Å². The van der Waals surface area contributed by atoms with Crippen LogP contribution in [0.3, 0.4) is 0 Å². The van der Waals surface area contributed by atoms with E-state index in [4.69, 9.17) is 5.73 Å². The maximum absolute atomic E-state index is 5.29. The fourth-order valence-electron chi connectivity index (χ4n) is 0.368. The zero-order valence-corrected chi connectivity index (χ0v) is 7.52. The molecule has 0 amide bonds. The summed E-state index contributed by atoms with van der Waals surface area (Å²) >= 11 is 9.36. The van der Waals surface area contributed by atoms with E-state index < -0.39 is 0 Å². The minimum Gasteiger partial charge on any atom is -0.387 e. The van der Waals surface area contributed by atoms with Gasteiger partial charge in [0.1, 0.15) is 4.99 Å². The first-order valence-electron chi connectivity index (χ1n) is 2.11. The molecule has 1 heterocycles. The van der Waals surface area contributed by atoms with E-state index in [1.165, 1.54) is 11.3 Å². The molecule has 2 nitrogen and oxygen atoms in total. The van der Waals surface area contributed by atoms with Crippen molar-refractivity contribution in [2.45, 2.75) is 0 Å². The van der Waals surface area contributed by atoms with Crippen molar-refractivity contribution in [2.75, 3.05) is 0 Å². The summed E-state index contributed by atoms with van der Waals surface area (Å²) in [4.78, 5) is 4.27. The predicted molar refractivity (Wildman–Crippen MR) is 45.7 cm³/mol. The van der Waals surface area contributed by atoms with Crippen LogP contribution in [0.15, 0.2) is 9.98 Å². The molecule has 9 heavy (non-hydrogen) atoms. The lowest BCUT2D eigenvalue weighted by Gasteiger charge is -1.83. The number of nitrogens with zero attached hydrogens (tertiary/aromatic N) is 1. The molecule has 0 aliphatic heterocycles. The van der Waals surface area contributed by atoms with Crippen LogP contribution in [0.2, 0.25) is 0 Å². The SMILES string of the molecule is NC(=S)c1ncc(Br)s1. The zero-order valence-electron chi connectivity index (χ0n) is 4.30. The van der Waals surface area contributed by atoms with Gasteiger partial charge in [-0.05, 0) is 15.9 Å². The second-order valence-electron chi connectivity index (χ2n) is 1.33. The Balaban J connectivity index is 2.98. The van der Waals surface area contributed by atoms with Crippen molar-refractivity contribution in [3.8, 4) is 0 Å². The standard InChI is InChI=1S/C4H3BrN2S2/c5-2-1-7-4(9-2)3(6)8/h1H,(H2,6,8). The molecule has 48 valence electrons. The first kappa shape index (κ1) is 7.11. The Bertz CT molecular complexity index is 232. The van der Waals surface area contributed by atoms with Crippen molar-refractivity contribution in [1.82, 2.24) is 4.98 Å². The van der Waals surface area contributed by atoms with Crippen molar-refractivity contribution in [1.29, 1.82) is 0 Å². The van der Waals surface area contributed by atoms with Gasteiger partial charge in [-0.1, -0.05) is 12.2 Å². The lowest BCUT2D eigenvalue weighted by molar-refractivity contribution is 1.38. The van der Waals surface area contributed by atoms with Crippen LogP contribution in [-0.2, 0) is 0 Å². The molecule has 1 rings (SSSR count). The Morgan fingerprint density at radius 3 is 2.78 bits per heavy atom. The summed E-state index contributed by atoms with van der Waals surface area (Å²) in [5.41, 5.74) is 5.29. The third-order valence-electron chi connectivity index (χ3n) is 0.688. The van der Waals surface area contributed by atoms with Crippen LogP contribution in [0.4, 0.5) is 0 Å². The molecular formula is C4H3BrN2S2. The minimum absolute atomic E-state index is 0.353. The van der Waals surface area contributed by atoms with Crippen LogP contribution in [0.25, 0.3) is 0 Å². The average molecular weight is 223 g/mol. The van der Waals surface area contributed by atoms with Gasteiger partial charge >= 0.3 is 0 Å². The van der Waals surface area contributed by atoms with Gasteiger partial charge in [-0.25, -0.2) is 4.98 Å². The van der Waals surface area contributed by atoms with E-state index in [9.17, 15) is 0 Å². The number of aromatic nitrogens is 1. The quantitative estimate of drug-likeness (QED) is 0.734. The Morgan fingerprint density at radius 2 is 2.56 bits per heavy atom. The van der Waals surface area contributed by atoms with Gasteiger partial charge in [-0.3, -0.25) is 0 Å². The molecule has 0 aromatic carbocycles. The van der Waals surface area contributed by atoms with Crippen LogP contribution >= 0.6 is 39.5 Å². The van der Waals surface area contributed by atoms with Crippen molar-refractivity contribution >= 4 is 44.5 Å². The van der Waals surface area contributed by atoms with E-state index >= 15 is 0 Å². The fourth-order valence-corrected chi connectivity index (χ4v) is 1.60. The van der Waals surface area contributed by atoms with Gasteiger partial charge in [-0.2, -0.15) is 0 Å². The Morgan fingerprint density at radius 1 is 1.89 bits per heavy atom. The van der Waals surface area contributed by atoms with Crippen LogP contribution in [0.5, 0.6) is 0 Å². The number of nitrogens with two attached hydrogens (primary N) is 1. The normalized spacial score (nSPS) is 9.44. The molecule has 0 bridgehead atoms. The molecule has 2 N–H and O–H groups in total. The van der Waals surface area contributed by atoms with Crippen molar-refractivity contribution in [3.63, 3.8) is 0 Å². The van der Waals surface area contributed by atoms with Crippen molar-refractivity contribution < 1.29 is 0 Å². The highest BCUT2D eigenvalue weighted by Crippen LogP contribution is 2.18. The van der Waals surface area contributed by atoms with Gasteiger partial charge < -0.3 is 5.73 Å². The minimum atomic E-state index is 0.353. The smallest absolute Gasteiger partial charge is 0.151 e. The monoisotopic (exact) mass is 222 g/mol. The Labute approximate surface area is 70.2 Å². The molecule has 1 aromatic heterocycles. The molecule has 0 saturated carbocycles. The molecule has 0 radical (unpaired) electrons. The van der Waals surface area contributed by atoms with Crippen molar-refractivity contribution in [2.24, 2.45) is 5.73 Å². The Hall–Kier alpha value is -0.0000000000000000833. The number of halogens is 1. The molecule has 5 heteroatoms. The highest BCUT2D eigenvalue weighted by atomic mass is 79.9. The van der Waals surface area contributed by atoms with Crippen LogP contribution in [0.1, 0.15) is 5.01 Å². The summed E-state index contributed by atoms with van der Waals surface area (Å²) in [6, 6.07) is 0. The van der Waals surface area contributed by atoms with Gasteiger partial charge in [0.05, 0.1) is 9.98 Å². The summed E-state index contributed by atoms with van der Waals surface area (Å²) in [6.07, 6.45) is 1.68. The summed E-state index contributed by atoms with van der Waals surface area (Å²) in [7, 11) is 0. The average Bonchev–Trinajstić information content (AvgIpc) is 2.14. The topological polar surface area (TPSA) is 38.9 Å². The van der Waals surface area contributed by atoms with Crippen LogP contribution < -0.4 is 5.73 Å². The van der Waals surface area contributed by atoms with E-state index in [2.05, 4.69) is 33.1 Å². The largest absolute Gasteiger partial charge is 0.387 e. The molecule has 0 saturated heterocycles. The zero-order chi connectivity index (χ0) is 6.85. The lowest BCUT2D eigenvalue weighted by atomic mass is 10.7. The number of rotatable bonds is 1. The molecule has 0 aliphatic rings. The van der Waals surface area contributed by atoms with E-state index in [1.807, 2.05) is 0 Å². The number of thiocarbonyl (C=S) groups is 1. The third kappa shape index (κ3) is 1.70. The summed E-state index contributed by atoms with van der Waals surface area (Å²) in [6.45, 7) is 0. The predicted octanol–water partition coefficient (Wildman–Crippen LogP) is 1.54. The molecule has 0 spiro atoms. The van der Waals surface area contributed by atoms with Crippen LogP contribution in [-0.4, -0.2) is 9.97 Å². The molecule has 0 fully saturated rings. The maximum atomic E-state index is 5.29. The molecule has 0 atom stereocenters. The first-order valence-corrected chi connectivity index (χ1v) is 4.13. The second-order valence-corrected chi connectivity index (χ2v) is 4.18. The van der Waals surface area contributed by atoms with Crippen molar-refractivity contribution in [3.05, 3.63) is 15.0 Å². The molecule has 0 unspecified atom stereocenters. The first-order chi connectivity index (χ1) is 4.20. The highest BCUT2D eigenvalue weighted by molar-refractivity contribution is 9.11. The molecular weight excluding hydrogens is 220 g/mol. The van der Waals surface area contributed by atoms with Gasteiger partial charge in [0.25, 0.3) is 0 Å². The van der Waals surface area contributed by atoms with Gasteiger partial charge in [0.15, 0.2) is 5.01 Å². The molecule has 1 aromatic rings. The summed E-state index contributed by atoms with van der Waals surface area (Å²) in [5.74, 6) is 0. The summed E-state index contributed by atoms with van der Waals surface area (Å²) in [5, 5.41) is 0.705. The van der Waals surface area contributed by atoms with E-state index in [0.717, 1.165) is 3.79 Å². The Kier molecular flexibility index (Phi) is 2.15. The third-order valence-corrected chi connectivity index (χ3v) is 2.52. The second kappa shape index (κ2) is 2.72. The molecule has 0 aliphatic carbocycles. The van der Waals surface area contributed by atoms with Gasteiger partial charge in [-0.15, -0.1) is 11.3 Å². The highest BCUT2D eigenvalue weighted by Gasteiger charge is 1.99. The van der Waals surface area contributed by atoms with E-state index in [0.29, 0.717) is 10.00 Å². The van der Waals surface area contributed by atoms with Crippen LogP contribution in [0, 0.1) is 0 Å². The van der Waals surface area contributed by atoms with E-state index in [-0.39, 0.29) is 0 Å². The van der Waals surface area contributed by atoms with Gasteiger partial charge in [0, 0.05) is 0 Å². The number of hydrogen-bond acceptors (Lipinski definition) is 3. The number of thiazole rings is 1. The lowest BCUT2D eigenvalue weighted by Crippen LogP contribution is -2.07. The summed E-state index contributed by atoms with van der Waals surface area (Å²) < 4.78 is 0.949. The fraction of sp³-hybridized carbons (Fsp3) is 0.